The van der Waals surface area contributed by atoms with E-state index in [0.717, 1.165) is 6.07 Å². The van der Waals surface area contributed by atoms with E-state index >= 15 is 0 Å². The van der Waals surface area contributed by atoms with Crippen molar-refractivity contribution in [2.75, 3.05) is 14.2 Å². The molecule has 0 saturated carbocycles. The van der Waals surface area contributed by atoms with Gasteiger partial charge in [0.1, 0.15) is 5.75 Å². The lowest BCUT2D eigenvalue weighted by Crippen LogP contribution is -2.17. The van der Waals surface area contributed by atoms with E-state index in [-0.39, 0.29) is 5.75 Å². The van der Waals surface area contributed by atoms with Gasteiger partial charge < -0.3 is 14.2 Å². The zero-order valence-corrected chi connectivity index (χ0v) is 8.09. The van der Waals surface area contributed by atoms with Crippen LogP contribution in [-0.4, -0.2) is 20.6 Å². The fourth-order valence-corrected chi connectivity index (χ4v) is 0.984. The third-order valence-electron chi connectivity index (χ3n) is 1.60. The molecule has 0 radical (unpaired) electrons. The van der Waals surface area contributed by atoms with Gasteiger partial charge in [-0.25, -0.2) is 0 Å². The second-order valence-electron chi connectivity index (χ2n) is 2.56. The van der Waals surface area contributed by atoms with Gasteiger partial charge >= 0.3 is 6.36 Å². The fourth-order valence-electron chi connectivity index (χ4n) is 0.984. The number of alkyl halides is 3. The molecule has 0 aliphatic rings. The smallest absolute Gasteiger partial charge is 0.497 e. The molecular formula is C9H9F3O3. The summed E-state index contributed by atoms with van der Waals surface area (Å²) in [6.07, 6.45) is -4.73. The van der Waals surface area contributed by atoms with E-state index in [1.165, 1.54) is 26.4 Å². The van der Waals surface area contributed by atoms with Crippen molar-refractivity contribution in [3.05, 3.63) is 18.2 Å². The molecule has 0 fully saturated rings. The molecule has 0 atom stereocenters. The summed E-state index contributed by atoms with van der Waals surface area (Å²) in [6.45, 7) is 0. The number of halogens is 3. The summed E-state index contributed by atoms with van der Waals surface area (Å²) >= 11 is 0. The Hall–Kier alpha value is -1.59. The lowest BCUT2D eigenvalue weighted by atomic mass is 10.3. The highest BCUT2D eigenvalue weighted by Gasteiger charge is 2.32. The van der Waals surface area contributed by atoms with Crippen LogP contribution in [0.25, 0.3) is 0 Å². The van der Waals surface area contributed by atoms with Crippen molar-refractivity contribution in [2.24, 2.45) is 0 Å². The Labute approximate surface area is 84.4 Å². The van der Waals surface area contributed by atoms with Crippen molar-refractivity contribution in [3.63, 3.8) is 0 Å². The van der Waals surface area contributed by atoms with Gasteiger partial charge in [0.05, 0.1) is 14.2 Å². The molecule has 1 rings (SSSR count). The van der Waals surface area contributed by atoms with Gasteiger partial charge in [0.15, 0.2) is 11.5 Å². The first kappa shape index (κ1) is 11.5. The van der Waals surface area contributed by atoms with Gasteiger partial charge in [-0.15, -0.1) is 13.2 Å². The van der Waals surface area contributed by atoms with Gasteiger partial charge in [0.2, 0.25) is 0 Å². The molecule has 0 spiro atoms. The van der Waals surface area contributed by atoms with Crippen LogP contribution < -0.4 is 14.2 Å². The van der Waals surface area contributed by atoms with E-state index in [1.807, 2.05) is 0 Å². The SMILES string of the molecule is COc1ccc(OC(F)(F)F)c(OC)c1. The van der Waals surface area contributed by atoms with Gasteiger partial charge in [0, 0.05) is 6.07 Å². The van der Waals surface area contributed by atoms with Gasteiger partial charge in [-0.05, 0) is 12.1 Å². The van der Waals surface area contributed by atoms with Crippen LogP contribution >= 0.6 is 0 Å². The Morgan fingerprint density at radius 3 is 2.13 bits per heavy atom. The first-order chi connectivity index (χ1) is 6.96. The van der Waals surface area contributed by atoms with E-state index in [9.17, 15) is 13.2 Å². The van der Waals surface area contributed by atoms with E-state index in [1.54, 1.807) is 0 Å². The number of methoxy groups -OCH3 is 2. The minimum absolute atomic E-state index is 0.0355. The predicted molar refractivity (Wildman–Crippen MR) is 46.2 cm³/mol. The molecule has 1 aromatic rings. The van der Waals surface area contributed by atoms with Gasteiger partial charge in [-0.3, -0.25) is 0 Å². The number of rotatable bonds is 3. The molecule has 15 heavy (non-hydrogen) atoms. The third kappa shape index (κ3) is 3.23. The van der Waals surface area contributed by atoms with Crippen molar-refractivity contribution in [1.82, 2.24) is 0 Å². The molecule has 0 unspecified atom stereocenters. The zero-order chi connectivity index (χ0) is 11.5. The minimum atomic E-state index is -4.73. The molecule has 0 saturated heterocycles. The van der Waals surface area contributed by atoms with Crippen LogP contribution in [0.15, 0.2) is 18.2 Å². The van der Waals surface area contributed by atoms with Crippen LogP contribution in [0.1, 0.15) is 0 Å². The average Bonchev–Trinajstić information content (AvgIpc) is 2.16. The van der Waals surface area contributed by atoms with E-state index < -0.39 is 12.1 Å². The van der Waals surface area contributed by atoms with Crippen molar-refractivity contribution in [2.45, 2.75) is 6.36 Å². The normalized spacial score (nSPS) is 11.0. The first-order valence-electron chi connectivity index (χ1n) is 3.94. The number of ether oxygens (including phenoxy) is 3. The standard InChI is InChI=1S/C9H9F3O3/c1-13-6-3-4-7(8(5-6)14-2)15-9(10,11)12/h3-5H,1-2H3. The molecule has 0 aliphatic carbocycles. The summed E-state index contributed by atoms with van der Waals surface area (Å²) in [5.41, 5.74) is 0. The number of benzene rings is 1. The highest BCUT2D eigenvalue weighted by atomic mass is 19.4. The lowest BCUT2D eigenvalue weighted by Gasteiger charge is -2.13. The third-order valence-corrected chi connectivity index (χ3v) is 1.60. The summed E-state index contributed by atoms with van der Waals surface area (Å²) in [6, 6.07) is 3.79. The molecule has 1 aromatic carbocycles. The van der Waals surface area contributed by atoms with Gasteiger partial charge in [-0.2, -0.15) is 0 Å². The summed E-state index contributed by atoms with van der Waals surface area (Å²) in [7, 11) is 2.65. The van der Waals surface area contributed by atoms with Crippen molar-refractivity contribution in [1.29, 1.82) is 0 Å². The van der Waals surface area contributed by atoms with E-state index in [2.05, 4.69) is 4.74 Å². The number of hydrogen-bond acceptors (Lipinski definition) is 3. The molecular weight excluding hydrogens is 213 g/mol. The highest BCUT2D eigenvalue weighted by molar-refractivity contribution is 5.45. The first-order valence-corrected chi connectivity index (χ1v) is 3.94. The van der Waals surface area contributed by atoms with Gasteiger partial charge in [0.25, 0.3) is 0 Å². The predicted octanol–water partition coefficient (Wildman–Crippen LogP) is 2.60. The van der Waals surface area contributed by atoms with Crippen LogP contribution in [0, 0.1) is 0 Å². The second kappa shape index (κ2) is 4.29. The molecule has 0 amide bonds. The second-order valence-corrected chi connectivity index (χ2v) is 2.56. The molecule has 0 aromatic heterocycles. The topological polar surface area (TPSA) is 27.7 Å². The molecule has 6 heteroatoms. The maximum atomic E-state index is 11.9. The van der Waals surface area contributed by atoms with Crippen LogP contribution in [0.4, 0.5) is 13.2 Å². The number of hydrogen-bond donors (Lipinski definition) is 0. The molecule has 84 valence electrons. The molecule has 0 bridgehead atoms. The minimum Gasteiger partial charge on any atom is -0.497 e. The quantitative estimate of drug-likeness (QED) is 0.786. The van der Waals surface area contributed by atoms with Crippen molar-refractivity contribution in [3.8, 4) is 17.2 Å². The Morgan fingerprint density at radius 2 is 1.67 bits per heavy atom. The van der Waals surface area contributed by atoms with Crippen LogP contribution in [-0.2, 0) is 0 Å². The Balaban J connectivity index is 2.97. The van der Waals surface area contributed by atoms with Crippen molar-refractivity contribution < 1.29 is 27.4 Å². The average molecular weight is 222 g/mol. The largest absolute Gasteiger partial charge is 0.573 e. The molecule has 3 nitrogen and oxygen atoms in total. The lowest BCUT2D eigenvalue weighted by molar-refractivity contribution is -0.275. The Bertz CT molecular complexity index is 336. The summed E-state index contributed by atoms with van der Waals surface area (Å²) in [5, 5.41) is 0. The van der Waals surface area contributed by atoms with E-state index in [0.29, 0.717) is 5.75 Å². The Morgan fingerprint density at radius 1 is 1.00 bits per heavy atom. The Kier molecular flexibility index (Phi) is 3.28. The highest BCUT2D eigenvalue weighted by Crippen LogP contribution is 2.34. The van der Waals surface area contributed by atoms with Crippen molar-refractivity contribution >= 4 is 0 Å². The van der Waals surface area contributed by atoms with Crippen LogP contribution in [0.5, 0.6) is 17.2 Å². The maximum absolute atomic E-state index is 11.9. The summed E-state index contributed by atoms with van der Waals surface area (Å²) < 4.78 is 49.1. The monoisotopic (exact) mass is 222 g/mol. The molecule has 0 heterocycles. The molecule has 0 aliphatic heterocycles. The van der Waals surface area contributed by atoms with Crippen LogP contribution in [0.2, 0.25) is 0 Å². The maximum Gasteiger partial charge on any atom is 0.573 e. The summed E-state index contributed by atoms with van der Waals surface area (Å²) in [5.74, 6) is -0.0427. The van der Waals surface area contributed by atoms with Gasteiger partial charge in [-0.1, -0.05) is 0 Å². The zero-order valence-electron chi connectivity index (χ0n) is 8.09. The summed E-state index contributed by atoms with van der Waals surface area (Å²) in [4.78, 5) is 0. The van der Waals surface area contributed by atoms with Crippen LogP contribution in [0.3, 0.4) is 0 Å². The fraction of sp³-hybridized carbons (Fsp3) is 0.333. The molecule has 0 N–H and O–H groups in total. The van der Waals surface area contributed by atoms with E-state index in [4.69, 9.17) is 9.47 Å².